The molecule has 0 bridgehead atoms. The molecule has 1 nitrogen and oxygen atoms in total. The Morgan fingerprint density at radius 3 is 2.70 bits per heavy atom. The Bertz CT molecular complexity index is 525. The number of rotatable bonds is 5. The summed E-state index contributed by atoms with van der Waals surface area (Å²) in [7, 11) is 0. The van der Waals surface area contributed by atoms with Crippen LogP contribution in [0.15, 0.2) is 31.8 Å². The Balaban J connectivity index is 1.70. The molecule has 1 unspecified atom stereocenters. The summed E-state index contributed by atoms with van der Waals surface area (Å²) < 4.78 is 2.34. The lowest BCUT2D eigenvalue weighted by Gasteiger charge is -2.23. The van der Waals surface area contributed by atoms with Crippen LogP contribution in [0.2, 0.25) is 0 Å². The molecule has 20 heavy (non-hydrogen) atoms. The molecule has 1 fully saturated rings. The van der Waals surface area contributed by atoms with Gasteiger partial charge in [0.25, 0.3) is 0 Å². The van der Waals surface area contributed by atoms with Crippen LogP contribution in [0.4, 0.5) is 0 Å². The fraction of sp³-hybridized carbons (Fsp3) is 0.467. The van der Waals surface area contributed by atoms with Gasteiger partial charge in [-0.05, 0) is 68.1 Å². The summed E-state index contributed by atoms with van der Waals surface area (Å²) in [5.74, 6) is 0.806. The van der Waals surface area contributed by atoms with Gasteiger partial charge in [-0.15, -0.1) is 22.7 Å². The molecule has 1 saturated carbocycles. The molecule has 2 heterocycles. The minimum Gasteiger partial charge on any atom is -0.304 e. The maximum absolute atomic E-state index is 3.80. The van der Waals surface area contributed by atoms with E-state index in [1.165, 1.54) is 39.2 Å². The van der Waals surface area contributed by atoms with Crippen LogP contribution in [0.25, 0.3) is 0 Å². The summed E-state index contributed by atoms with van der Waals surface area (Å²) >= 11 is 10.8. The molecule has 0 aromatic carbocycles. The van der Waals surface area contributed by atoms with Crippen molar-refractivity contribution in [3.05, 3.63) is 41.6 Å². The van der Waals surface area contributed by atoms with Crippen molar-refractivity contribution in [2.75, 3.05) is 0 Å². The van der Waals surface area contributed by atoms with Crippen molar-refractivity contribution >= 4 is 54.5 Å². The fourth-order valence-electron chi connectivity index (χ4n) is 2.95. The zero-order valence-electron chi connectivity index (χ0n) is 11.1. The monoisotopic (exact) mass is 433 g/mol. The predicted octanol–water partition coefficient (Wildman–Crippen LogP) is 6.36. The van der Waals surface area contributed by atoms with Crippen LogP contribution >= 0.6 is 54.5 Å². The first-order valence-corrected chi connectivity index (χ1v) is 10.2. The molecule has 0 radical (unpaired) electrons. The second kappa shape index (κ2) is 7.05. The van der Waals surface area contributed by atoms with Gasteiger partial charge in [0.1, 0.15) is 0 Å². The van der Waals surface area contributed by atoms with Gasteiger partial charge in [-0.25, -0.2) is 0 Å². The van der Waals surface area contributed by atoms with Gasteiger partial charge in [0, 0.05) is 26.8 Å². The quantitative estimate of drug-likeness (QED) is 0.577. The number of hydrogen-bond acceptors (Lipinski definition) is 3. The third-order valence-corrected chi connectivity index (χ3v) is 8.12. The molecule has 0 spiro atoms. The van der Waals surface area contributed by atoms with E-state index in [1.807, 2.05) is 11.3 Å². The lowest BCUT2D eigenvalue weighted by molar-refractivity contribution is 0.372. The summed E-state index contributed by atoms with van der Waals surface area (Å²) in [5, 5.41) is 5.99. The minimum absolute atomic E-state index is 0.525. The standard InChI is InChI=1S/C15H17Br2NS2/c16-12-8-11(20-15(12)17)9-18-14(10-4-1-2-5-10)13-6-3-7-19-13/h3,6-8,10,14,18H,1-2,4-5,9H2. The van der Waals surface area contributed by atoms with Crippen LogP contribution in [-0.4, -0.2) is 0 Å². The van der Waals surface area contributed by atoms with Gasteiger partial charge >= 0.3 is 0 Å². The van der Waals surface area contributed by atoms with E-state index in [0.29, 0.717) is 6.04 Å². The van der Waals surface area contributed by atoms with Gasteiger partial charge in [0.15, 0.2) is 0 Å². The molecular weight excluding hydrogens is 418 g/mol. The number of nitrogens with one attached hydrogen (secondary N) is 1. The molecule has 0 amide bonds. The van der Waals surface area contributed by atoms with Gasteiger partial charge in [0.05, 0.1) is 3.79 Å². The SMILES string of the molecule is Brc1cc(CNC(c2cccs2)C2CCCC2)sc1Br. The predicted molar refractivity (Wildman–Crippen MR) is 95.6 cm³/mol. The maximum atomic E-state index is 3.80. The number of thiophene rings is 2. The zero-order chi connectivity index (χ0) is 13.9. The number of halogens is 2. The van der Waals surface area contributed by atoms with E-state index in [2.05, 4.69) is 60.8 Å². The molecule has 1 N–H and O–H groups in total. The Morgan fingerprint density at radius 1 is 1.30 bits per heavy atom. The highest BCUT2D eigenvalue weighted by Crippen LogP contribution is 2.38. The largest absolute Gasteiger partial charge is 0.304 e. The Hall–Kier alpha value is 0.320. The zero-order valence-corrected chi connectivity index (χ0v) is 15.9. The average Bonchev–Trinajstić information content (AvgIpc) is 3.15. The molecule has 108 valence electrons. The van der Waals surface area contributed by atoms with E-state index in [4.69, 9.17) is 0 Å². The first kappa shape index (κ1) is 15.2. The fourth-order valence-corrected chi connectivity index (χ4v) is 5.97. The molecule has 1 atom stereocenters. The van der Waals surface area contributed by atoms with Gasteiger partial charge in [-0.1, -0.05) is 18.9 Å². The van der Waals surface area contributed by atoms with Gasteiger partial charge in [-0.3, -0.25) is 0 Å². The molecule has 5 heteroatoms. The van der Waals surface area contributed by atoms with Crippen LogP contribution in [0, 0.1) is 5.92 Å². The smallest absolute Gasteiger partial charge is 0.0843 e. The second-order valence-electron chi connectivity index (χ2n) is 5.25. The highest BCUT2D eigenvalue weighted by atomic mass is 79.9. The average molecular weight is 435 g/mol. The Morgan fingerprint density at radius 2 is 2.10 bits per heavy atom. The summed E-state index contributed by atoms with van der Waals surface area (Å²) in [6, 6.07) is 7.18. The van der Waals surface area contributed by atoms with Crippen LogP contribution in [0.3, 0.4) is 0 Å². The van der Waals surface area contributed by atoms with Crippen molar-refractivity contribution in [1.82, 2.24) is 5.32 Å². The Kier molecular flexibility index (Phi) is 5.37. The van der Waals surface area contributed by atoms with Crippen LogP contribution < -0.4 is 5.32 Å². The lowest BCUT2D eigenvalue weighted by atomic mass is 9.96. The third-order valence-electron chi connectivity index (χ3n) is 3.91. The maximum Gasteiger partial charge on any atom is 0.0843 e. The van der Waals surface area contributed by atoms with Crippen molar-refractivity contribution in [2.24, 2.45) is 5.92 Å². The molecule has 2 aromatic rings. The highest BCUT2D eigenvalue weighted by molar-refractivity contribution is 9.13. The van der Waals surface area contributed by atoms with E-state index in [0.717, 1.165) is 16.9 Å². The molecule has 2 aromatic heterocycles. The third kappa shape index (κ3) is 3.55. The van der Waals surface area contributed by atoms with Crippen molar-refractivity contribution in [2.45, 2.75) is 38.3 Å². The molecular formula is C15H17Br2NS2. The highest BCUT2D eigenvalue weighted by Gasteiger charge is 2.26. The van der Waals surface area contributed by atoms with Crippen molar-refractivity contribution in [1.29, 1.82) is 0 Å². The second-order valence-corrected chi connectivity index (χ2v) is 9.54. The van der Waals surface area contributed by atoms with Crippen molar-refractivity contribution in [3.8, 4) is 0 Å². The van der Waals surface area contributed by atoms with E-state index in [-0.39, 0.29) is 0 Å². The lowest BCUT2D eigenvalue weighted by Crippen LogP contribution is -2.25. The van der Waals surface area contributed by atoms with Crippen LogP contribution in [0.5, 0.6) is 0 Å². The topological polar surface area (TPSA) is 12.0 Å². The first-order chi connectivity index (χ1) is 9.74. The van der Waals surface area contributed by atoms with Crippen molar-refractivity contribution in [3.63, 3.8) is 0 Å². The first-order valence-electron chi connectivity index (χ1n) is 6.94. The molecule has 1 aliphatic rings. The molecule has 1 aliphatic carbocycles. The van der Waals surface area contributed by atoms with E-state index in [1.54, 1.807) is 11.3 Å². The summed E-state index contributed by atoms with van der Waals surface area (Å²) in [6.07, 6.45) is 5.52. The molecule has 0 aliphatic heterocycles. The van der Waals surface area contributed by atoms with Gasteiger partial charge in [-0.2, -0.15) is 0 Å². The summed E-state index contributed by atoms with van der Waals surface area (Å²) in [6.45, 7) is 0.952. The van der Waals surface area contributed by atoms with Crippen LogP contribution in [-0.2, 0) is 6.54 Å². The normalized spacial score (nSPS) is 17.7. The van der Waals surface area contributed by atoms with Gasteiger partial charge in [0.2, 0.25) is 0 Å². The molecule has 0 saturated heterocycles. The number of hydrogen-bond donors (Lipinski definition) is 1. The van der Waals surface area contributed by atoms with Crippen molar-refractivity contribution < 1.29 is 0 Å². The minimum atomic E-state index is 0.525. The van der Waals surface area contributed by atoms with E-state index < -0.39 is 0 Å². The van der Waals surface area contributed by atoms with Crippen LogP contribution in [0.1, 0.15) is 41.5 Å². The summed E-state index contributed by atoms with van der Waals surface area (Å²) in [5.41, 5.74) is 0. The Labute approximate surface area is 145 Å². The van der Waals surface area contributed by atoms with E-state index >= 15 is 0 Å². The van der Waals surface area contributed by atoms with E-state index in [9.17, 15) is 0 Å². The molecule has 3 rings (SSSR count). The summed E-state index contributed by atoms with van der Waals surface area (Å²) in [4.78, 5) is 2.87. The van der Waals surface area contributed by atoms with Gasteiger partial charge < -0.3 is 5.32 Å².